The minimum Gasteiger partial charge on any atom is -0.454 e. The second-order valence-corrected chi connectivity index (χ2v) is 12.5. The second-order valence-electron chi connectivity index (χ2n) is 12.5. The molecule has 1 aliphatic carbocycles. The Labute approximate surface area is 258 Å². The summed E-state index contributed by atoms with van der Waals surface area (Å²) < 4.78 is 15.5. The number of nitrogens with zero attached hydrogens (tertiary/aromatic N) is 2. The van der Waals surface area contributed by atoms with Gasteiger partial charge in [0.05, 0.1) is 6.10 Å². The summed E-state index contributed by atoms with van der Waals surface area (Å²) in [7, 11) is 2.19. The Hall–Kier alpha value is -2.81. The fraction of sp³-hybridized carbons (Fsp3) is 0.629. The molecule has 43 heavy (non-hydrogen) atoms. The average molecular weight is 596 g/mol. The van der Waals surface area contributed by atoms with E-state index in [4.69, 9.17) is 15.2 Å². The Morgan fingerprint density at radius 1 is 0.907 bits per heavy atom. The molecule has 1 amide bonds. The van der Waals surface area contributed by atoms with E-state index in [2.05, 4.69) is 33.7 Å². The first-order valence-electron chi connectivity index (χ1n) is 16.5. The Balaban J connectivity index is 0.000000359. The van der Waals surface area contributed by atoms with E-state index in [0.717, 1.165) is 50.6 Å². The second kappa shape index (κ2) is 18.1. The van der Waals surface area contributed by atoms with Gasteiger partial charge in [-0.2, -0.15) is 0 Å². The van der Waals surface area contributed by atoms with E-state index in [-0.39, 0.29) is 6.10 Å². The maximum Gasteiger partial charge on any atom is 0.409 e. The van der Waals surface area contributed by atoms with Gasteiger partial charge in [-0.05, 0) is 88.1 Å². The molecule has 2 heterocycles. The number of fused-ring (bicyclic) bond motifs is 1. The molecule has 3 aliphatic rings. The van der Waals surface area contributed by atoms with E-state index >= 15 is 0 Å². The zero-order valence-corrected chi connectivity index (χ0v) is 26.1. The Bertz CT molecular complexity index is 1070. The van der Waals surface area contributed by atoms with Crippen LogP contribution >= 0.6 is 0 Å². The molecule has 2 aromatic rings. The van der Waals surface area contributed by atoms with E-state index < -0.39 is 6.09 Å². The maximum absolute atomic E-state index is 11.3. The lowest BCUT2D eigenvalue weighted by molar-refractivity contribution is 0.0265. The highest BCUT2D eigenvalue weighted by atomic mass is 16.7. The number of aliphatic hydroxyl groups excluding tert-OH is 1. The van der Waals surface area contributed by atoms with Gasteiger partial charge in [-0.15, -0.1) is 0 Å². The van der Waals surface area contributed by atoms with Crippen molar-refractivity contribution in [3.8, 4) is 17.2 Å². The SMILES string of the molecule is CN1CCCN(CCCCc2ccc3c(c2)OCO3)CC(C2CCCCCCCC2)C(O)C1.NC(=O)Oc1ccccc1. The number of aliphatic hydroxyl groups is 1. The quantitative estimate of drug-likeness (QED) is 0.365. The molecule has 2 atom stereocenters. The number of likely N-dealkylation sites (N-methyl/N-ethyl adjacent to an activating group) is 1. The first-order chi connectivity index (χ1) is 21.0. The fourth-order valence-electron chi connectivity index (χ4n) is 6.75. The predicted molar refractivity (Wildman–Crippen MR) is 171 cm³/mol. The van der Waals surface area contributed by atoms with Crippen LogP contribution in [0.3, 0.4) is 0 Å². The molecule has 0 aromatic heterocycles. The monoisotopic (exact) mass is 595 g/mol. The molecule has 0 bridgehead atoms. The molecule has 5 rings (SSSR count). The largest absolute Gasteiger partial charge is 0.454 e. The molecule has 2 fully saturated rings. The van der Waals surface area contributed by atoms with Crippen LogP contribution in [0.2, 0.25) is 0 Å². The fourth-order valence-corrected chi connectivity index (χ4v) is 6.75. The third kappa shape index (κ3) is 11.7. The van der Waals surface area contributed by atoms with Crippen LogP contribution in [0.1, 0.15) is 76.2 Å². The maximum atomic E-state index is 11.3. The molecular weight excluding hydrogens is 542 g/mol. The van der Waals surface area contributed by atoms with Gasteiger partial charge in [0, 0.05) is 19.0 Å². The molecular formula is C35H53N3O5. The number of carbonyl (C=O) groups is 1. The van der Waals surface area contributed by atoms with E-state index in [1.807, 2.05) is 12.1 Å². The number of amides is 1. The zero-order chi connectivity index (χ0) is 30.3. The van der Waals surface area contributed by atoms with Gasteiger partial charge < -0.3 is 34.9 Å². The number of hydrogen-bond donors (Lipinski definition) is 2. The molecule has 1 saturated carbocycles. The van der Waals surface area contributed by atoms with Crippen LogP contribution < -0.4 is 19.9 Å². The van der Waals surface area contributed by atoms with Crippen LogP contribution in [0.25, 0.3) is 0 Å². The number of ether oxygens (including phenoxy) is 3. The van der Waals surface area contributed by atoms with Gasteiger partial charge in [0.1, 0.15) is 5.75 Å². The lowest BCUT2D eigenvalue weighted by Gasteiger charge is -2.35. The number of hydrogen-bond acceptors (Lipinski definition) is 7. The third-order valence-corrected chi connectivity index (χ3v) is 9.07. The zero-order valence-electron chi connectivity index (χ0n) is 26.1. The first-order valence-corrected chi connectivity index (χ1v) is 16.5. The van der Waals surface area contributed by atoms with Gasteiger partial charge in [-0.1, -0.05) is 75.6 Å². The smallest absolute Gasteiger partial charge is 0.409 e. The van der Waals surface area contributed by atoms with Gasteiger partial charge in [-0.25, -0.2) is 4.79 Å². The summed E-state index contributed by atoms with van der Waals surface area (Å²) in [5.74, 6) is 3.33. The highest BCUT2D eigenvalue weighted by Crippen LogP contribution is 2.33. The van der Waals surface area contributed by atoms with Crippen molar-refractivity contribution in [3.63, 3.8) is 0 Å². The number of rotatable bonds is 7. The number of carbonyl (C=O) groups excluding carboxylic acids is 1. The van der Waals surface area contributed by atoms with Crippen LogP contribution in [0, 0.1) is 11.8 Å². The van der Waals surface area contributed by atoms with Crippen molar-refractivity contribution in [1.29, 1.82) is 0 Å². The van der Waals surface area contributed by atoms with E-state index in [9.17, 15) is 9.90 Å². The summed E-state index contributed by atoms with van der Waals surface area (Å²) in [4.78, 5) is 15.2. The van der Waals surface area contributed by atoms with E-state index in [1.165, 1.54) is 76.2 Å². The number of para-hydroxylation sites is 1. The van der Waals surface area contributed by atoms with Crippen molar-refractivity contribution in [2.24, 2.45) is 17.6 Å². The Kier molecular flexibility index (Phi) is 13.9. The first kappa shape index (κ1) is 33.1. The summed E-state index contributed by atoms with van der Waals surface area (Å²) in [5.41, 5.74) is 6.10. The summed E-state index contributed by atoms with van der Waals surface area (Å²) in [5, 5.41) is 11.3. The van der Waals surface area contributed by atoms with Crippen molar-refractivity contribution in [3.05, 3.63) is 54.1 Å². The number of primary amides is 1. The molecule has 0 spiro atoms. The van der Waals surface area contributed by atoms with Gasteiger partial charge >= 0.3 is 6.09 Å². The summed E-state index contributed by atoms with van der Waals surface area (Å²) in [6, 6.07) is 15.0. The molecule has 2 unspecified atom stereocenters. The van der Waals surface area contributed by atoms with Crippen LogP contribution in [0.5, 0.6) is 17.2 Å². The highest BCUT2D eigenvalue weighted by molar-refractivity contribution is 5.67. The third-order valence-electron chi connectivity index (χ3n) is 9.07. The van der Waals surface area contributed by atoms with Gasteiger partial charge in [0.2, 0.25) is 6.79 Å². The summed E-state index contributed by atoms with van der Waals surface area (Å²) in [6.07, 6.45) is 14.6. The Morgan fingerprint density at radius 2 is 1.63 bits per heavy atom. The predicted octanol–water partition coefficient (Wildman–Crippen LogP) is 6.25. The minimum atomic E-state index is -0.786. The van der Waals surface area contributed by atoms with Crippen molar-refractivity contribution in [2.45, 2.75) is 83.2 Å². The van der Waals surface area contributed by atoms with E-state index in [0.29, 0.717) is 24.4 Å². The molecule has 8 heteroatoms. The lowest BCUT2D eigenvalue weighted by atomic mass is 9.80. The molecule has 0 radical (unpaired) electrons. The van der Waals surface area contributed by atoms with Crippen molar-refractivity contribution in [1.82, 2.24) is 9.80 Å². The minimum absolute atomic E-state index is 0.199. The molecule has 238 valence electrons. The van der Waals surface area contributed by atoms with Crippen LogP contribution in [0.15, 0.2) is 48.5 Å². The molecule has 1 saturated heterocycles. The van der Waals surface area contributed by atoms with Gasteiger partial charge in [0.25, 0.3) is 0 Å². The molecule has 8 nitrogen and oxygen atoms in total. The highest BCUT2D eigenvalue weighted by Gasteiger charge is 2.31. The van der Waals surface area contributed by atoms with Crippen molar-refractivity contribution in [2.75, 3.05) is 46.6 Å². The number of nitrogens with two attached hydrogens (primary N) is 1. The number of unbranched alkanes of at least 4 members (excludes halogenated alkanes) is 1. The van der Waals surface area contributed by atoms with Crippen molar-refractivity contribution >= 4 is 6.09 Å². The average Bonchev–Trinajstić information content (AvgIpc) is 3.52. The van der Waals surface area contributed by atoms with Gasteiger partial charge in [-0.3, -0.25) is 0 Å². The number of benzene rings is 2. The molecule has 2 aromatic carbocycles. The standard InChI is InChI=1S/C28H46N2O3.C7H7NO2/c1-29-16-10-18-30(17-9-8-11-23-14-15-27-28(19-23)33-22-32-27)20-25(26(31)21-29)24-12-6-4-2-3-5-7-13-24;8-7(9)10-6-4-2-1-3-5-6/h14-15,19,24-26,31H,2-13,16-18,20-22H2,1H3;1-5H,(H2,8,9). The van der Waals surface area contributed by atoms with Crippen LogP contribution in [-0.2, 0) is 6.42 Å². The summed E-state index contributed by atoms with van der Waals surface area (Å²) in [6.45, 7) is 5.64. The van der Waals surface area contributed by atoms with Crippen LogP contribution in [0.4, 0.5) is 4.79 Å². The van der Waals surface area contributed by atoms with Crippen molar-refractivity contribution < 1.29 is 24.1 Å². The topological polar surface area (TPSA) is 97.5 Å². The normalized spacial score (nSPS) is 22.5. The van der Waals surface area contributed by atoms with Crippen LogP contribution in [-0.4, -0.2) is 73.7 Å². The Morgan fingerprint density at radius 3 is 2.37 bits per heavy atom. The number of aryl methyl sites for hydroxylation is 1. The summed E-state index contributed by atoms with van der Waals surface area (Å²) >= 11 is 0. The lowest BCUT2D eigenvalue weighted by Crippen LogP contribution is -2.42. The van der Waals surface area contributed by atoms with E-state index in [1.54, 1.807) is 24.3 Å². The molecule has 2 aliphatic heterocycles. The van der Waals surface area contributed by atoms with Gasteiger partial charge in [0.15, 0.2) is 11.5 Å². The number of β-amino-alcohol motifs (C(OH)–C–C–N with tert-alkyl or cyclic N) is 1. The molecule has 3 N–H and O–H groups in total.